The molecule has 0 saturated carbocycles. The third-order valence-corrected chi connectivity index (χ3v) is 5.08. The average molecular weight is 332 g/mol. The molecule has 1 aromatic rings. The Morgan fingerprint density at radius 1 is 1.56 bits per heavy atom. The quantitative estimate of drug-likeness (QED) is 0.861. The zero-order valence-corrected chi connectivity index (χ0v) is 13.7. The highest BCUT2D eigenvalue weighted by atomic mass is 79.9. The highest BCUT2D eigenvalue weighted by Gasteiger charge is 2.31. The van der Waals surface area contributed by atoms with Gasteiger partial charge in [0.15, 0.2) is 0 Å². The van der Waals surface area contributed by atoms with Gasteiger partial charge < -0.3 is 10.1 Å². The van der Waals surface area contributed by atoms with Crippen molar-refractivity contribution in [2.45, 2.75) is 58.3 Å². The van der Waals surface area contributed by atoms with Crippen LogP contribution in [0.5, 0.6) is 0 Å². The third kappa shape index (κ3) is 3.35. The number of ether oxygens (including phenoxy) is 1. The number of thiophene rings is 1. The van der Waals surface area contributed by atoms with Gasteiger partial charge in [-0.25, -0.2) is 0 Å². The Morgan fingerprint density at radius 3 is 2.83 bits per heavy atom. The molecule has 1 fully saturated rings. The van der Waals surface area contributed by atoms with Crippen molar-refractivity contribution in [2.75, 3.05) is 6.54 Å². The monoisotopic (exact) mass is 331 g/mol. The average Bonchev–Trinajstić information content (AvgIpc) is 2.87. The normalized spacial score (nSPS) is 25.6. The number of aryl methyl sites for hydroxylation is 1. The molecule has 4 heteroatoms. The Labute approximate surface area is 122 Å². The SMILES string of the molecule is CCCNC(c1cc(Br)sc1C)C1CCC(C)O1. The smallest absolute Gasteiger partial charge is 0.0774 e. The summed E-state index contributed by atoms with van der Waals surface area (Å²) >= 11 is 5.40. The van der Waals surface area contributed by atoms with Gasteiger partial charge in [-0.1, -0.05) is 6.92 Å². The zero-order chi connectivity index (χ0) is 13.1. The topological polar surface area (TPSA) is 21.3 Å². The van der Waals surface area contributed by atoms with E-state index in [9.17, 15) is 0 Å². The number of hydrogen-bond acceptors (Lipinski definition) is 3. The summed E-state index contributed by atoms with van der Waals surface area (Å²) in [5.41, 5.74) is 1.40. The maximum Gasteiger partial charge on any atom is 0.0774 e. The number of nitrogens with one attached hydrogen (secondary N) is 1. The van der Waals surface area contributed by atoms with Crippen molar-refractivity contribution in [1.29, 1.82) is 0 Å². The minimum absolute atomic E-state index is 0.326. The van der Waals surface area contributed by atoms with Crippen molar-refractivity contribution in [2.24, 2.45) is 0 Å². The summed E-state index contributed by atoms with van der Waals surface area (Å²) in [7, 11) is 0. The van der Waals surface area contributed by atoms with Crippen molar-refractivity contribution in [1.82, 2.24) is 5.32 Å². The van der Waals surface area contributed by atoms with E-state index in [4.69, 9.17) is 4.74 Å². The number of hydrogen-bond donors (Lipinski definition) is 1. The van der Waals surface area contributed by atoms with Crippen LogP contribution < -0.4 is 5.32 Å². The van der Waals surface area contributed by atoms with E-state index in [1.807, 2.05) is 11.3 Å². The number of halogens is 1. The van der Waals surface area contributed by atoms with E-state index in [0.29, 0.717) is 18.2 Å². The van der Waals surface area contributed by atoms with Crippen LogP contribution in [0.3, 0.4) is 0 Å². The second-order valence-corrected chi connectivity index (χ2v) is 7.69. The first-order valence-corrected chi connectivity index (χ1v) is 8.37. The van der Waals surface area contributed by atoms with Crippen LogP contribution in [0.4, 0.5) is 0 Å². The summed E-state index contributed by atoms with van der Waals surface area (Å²) in [6.45, 7) is 7.63. The largest absolute Gasteiger partial charge is 0.373 e. The molecule has 2 nitrogen and oxygen atoms in total. The van der Waals surface area contributed by atoms with Gasteiger partial charge in [-0.3, -0.25) is 0 Å². The van der Waals surface area contributed by atoms with E-state index >= 15 is 0 Å². The van der Waals surface area contributed by atoms with Crippen LogP contribution in [0.15, 0.2) is 9.85 Å². The summed E-state index contributed by atoms with van der Waals surface area (Å²) < 4.78 is 7.28. The summed E-state index contributed by atoms with van der Waals surface area (Å²) in [6, 6.07) is 2.59. The van der Waals surface area contributed by atoms with E-state index in [-0.39, 0.29) is 0 Å². The second kappa shape index (κ2) is 6.51. The molecule has 0 aliphatic carbocycles. The molecule has 3 unspecified atom stereocenters. The van der Waals surface area contributed by atoms with Gasteiger partial charge in [0.05, 0.1) is 22.0 Å². The van der Waals surface area contributed by atoms with Crippen LogP contribution in [0.1, 0.15) is 49.6 Å². The lowest BCUT2D eigenvalue weighted by atomic mass is 9.99. The van der Waals surface area contributed by atoms with Crippen molar-refractivity contribution in [3.63, 3.8) is 0 Å². The molecule has 0 spiro atoms. The van der Waals surface area contributed by atoms with Gasteiger partial charge in [0, 0.05) is 4.88 Å². The Bertz CT molecular complexity index is 393. The first-order valence-electron chi connectivity index (χ1n) is 6.76. The second-order valence-electron chi connectivity index (χ2n) is 5.06. The van der Waals surface area contributed by atoms with Crippen LogP contribution in [0.2, 0.25) is 0 Å². The van der Waals surface area contributed by atoms with Crippen molar-refractivity contribution in [3.05, 3.63) is 20.3 Å². The lowest BCUT2D eigenvalue weighted by Gasteiger charge is -2.25. The molecule has 3 atom stereocenters. The lowest BCUT2D eigenvalue weighted by molar-refractivity contribution is 0.0316. The fourth-order valence-electron chi connectivity index (χ4n) is 2.59. The molecule has 0 aromatic carbocycles. The lowest BCUT2D eigenvalue weighted by Crippen LogP contribution is -2.32. The van der Waals surface area contributed by atoms with Crippen LogP contribution in [-0.2, 0) is 4.74 Å². The predicted octanol–water partition coefficient (Wildman–Crippen LogP) is 4.43. The van der Waals surface area contributed by atoms with E-state index < -0.39 is 0 Å². The Balaban J connectivity index is 2.16. The minimum Gasteiger partial charge on any atom is -0.373 e. The summed E-state index contributed by atoms with van der Waals surface area (Å²) in [4.78, 5) is 1.39. The molecule has 2 rings (SSSR count). The summed E-state index contributed by atoms with van der Waals surface area (Å²) in [5, 5.41) is 3.66. The molecule has 18 heavy (non-hydrogen) atoms. The first kappa shape index (κ1) is 14.5. The van der Waals surface area contributed by atoms with Crippen LogP contribution >= 0.6 is 27.3 Å². The van der Waals surface area contributed by atoms with Gasteiger partial charge in [-0.2, -0.15) is 0 Å². The molecular weight excluding hydrogens is 310 g/mol. The zero-order valence-electron chi connectivity index (χ0n) is 11.3. The van der Waals surface area contributed by atoms with Gasteiger partial charge in [0.2, 0.25) is 0 Å². The summed E-state index contributed by atoms with van der Waals surface area (Å²) in [6.07, 6.45) is 4.23. The fraction of sp³-hybridized carbons (Fsp3) is 0.714. The van der Waals surface area contributed by atoms with Gasteiger partial charge in [0.1, 0.15) is 0 Å². The van der Waals surface area contributed by atoms with Gasteiger partial charge in [-0.05, 0) is 67.2 Å². The molecule has 102 valence electrons. The highest BCUT2D eigenvalue weighted by Crippen LogP contribution is 2.36. The molecule has 1 N–H and O–H groups in total. The van der Waals surface area contributed by atoms with Gasteiger partial charge >= 0.3 is 0 Å². The molecule has 0 bridgehead atoms. The van der Waals surface area contributed by atoms with Crippen LogP contribution in [0, 0.1) is 6.92 Å². The molecule has 1 aromatic heterocycles. The Hall–Kier alpha value is 0.1000. The Morgan fingerprint density at radius 2 is 2.33 bits per heavy atom. The van der Waals surface area contributed by atoms with Gasteiger partial charge in [-0.15, -0.1) is 11.3 Å². The van der Waals surface area contributed by atoms with E-state index in [2.05, 4.69) is 48.1 Å². The predicted molar refractivity (Wildman–Crippen MR) is 81.4 cm³/mol. The van der Waals surface area contributed by atoms with Crippen molar-refractivity contribution in [3.8, 4) is 0 Å². The summed E-state index contributed by atoms with van der Waals surface area (Å²) in [5.74, 6) is 0. The fourth-order valence-corrected chi connectivity index (χ4v) is 4.34. The van der Waals surface area contributed by atoms with E-state index in [1.165, 1.54) is 20.6 Å². The van der Waals surface area contributed by atoms with Crippen molar-refractivity contribution < 1.29 is 4.74 Å². The molecule has 1 aliphatic heterocycles. The molecule has 1 saturated heterocycles. The van der Waals surface area contributed by atoms with E-state index in [0.717, 1.165) is 19.4 Å². The van der Waals surface area contributed by atoms with E-state index in [1.54, 1.807) is 0 Å². The standard InChI is InChI=1S/C14H22BrNOS/c1-4-7-16-14(12-6-5-9(2)17-12)11-8-13(15)18-10(11)3/h8-9,12,14,16H,4-7H2,1-3H3. The highest BCUT2D eigenvalue weighted by molar-refractivity contribution is 9.11. The Kier molecular flexibility index (Phi) is 5.24. The van der Waals surface area contributed by atoms with Crippen LogP contribution in [0.25, 0.3) is 0 Å². The van der Waals surface area contributed by atoms with Gasteiger partial charge in [0.25, 0.3) is 0 Å². The molecule has 0 amide bonds. The maximum atomic E-state index is 6.07. The number of rotatable bonds is 5. The molecular formula is C14H22BrNOS. The molecule has 1 aliphatic rings. The minimum atomic E-state index is 0.326. The third-order valence-electron chi connectivity index (χ3n) is 3.51. The molecule has 2 heterocycles. The van der Waals surface area contributed by atoms with Crippen LogP contribution in [-0.4, -0.2) is 18.8 Å². The van der Waals surface area contributed by atoms with Crippen molar-refractivity contribution >= 4 is 27.3 Å². The first-order chi connectivity index (χ1) is 8.61. The maximum absolute atomic E-state index is 6.07. The molecule has 0 radical (unpaired) electrons.